The molecule has 21 heavy (non-hydrogen) atoms. The number of carbonyl (C=O) groups is 1. The van der Waals surface area contributed by atoms with E-state index >= 15 is 0 Å². The van der Waals surface area contributed by atoms with Crippen LogP contribution < -0.4 is 5.32 Å². The summed E-state index contributed by atoms with van der Waals surface area (Å²) < 4.78 is 5.34. The van der Waals surface area contributed by atoms with Crippen LogP contribution in [0.15, 0.2) is 0 Å². The van der Waals surface area contributed by atoms with E-state index in [4.69, 9.17) is 4.74 Å². The van der Waals surface area contributed by atoms with Gasteiger partial charge in [0.1, 0.15) is 4.88 Å². The van der Waals surface area contributed by atoms with Gasteiger partial charge >= 0.3 is 0 Å². The molecule has 118 valence electrons. The third-order valence-corrected chi connectivity index (χ3v) is 4.98. The van der Waals surface area contributed by atoms with Crippen molar-refractivity contribution < 1.29 is 9.53 Å². The molecule has 0 radical (unpaired) electrons. The summed E-state index contributed by atoms with van der Waals surface area (Å²) in [5.41, 5.74) is 0.833. The van der Waals surface area contributed by atoms with Gasteiger partial charge in [-0.2, -0.15) is 0 Å². The van der Waals surface area contributed by atoms with Crippen LogP contribution in [-0.4, -0.2) is 54.7 Å². The van der Waals surface area contributed by atoms with Crippen molar-refractivity contribution in [3.8, 4) is 0 Å². The molecule has 1 aliphatic rings. The van der Waals surface area contributed by atoms with E-state index in [1.807, 2.05) is 13.8 Å². The lowest BCUT2D eigenvalue weighted by Crippen LogP contribution is -2.46. The SMILES string of the molecule is Cc1nc(C(C)C)sc1C(=O)N[C@@H](C)CN1CCOCC1. The number of aromatic nitrogens is 1. The first-order valence-electron chi connectivity index (χ1n) is 7.55. The predicted octanol–water partition coefficient (Wildman–Crippen LogP) is 2.03. The van der Waals surface area contributed by atoms with Gasteiger partial charge in [0, 0.05) is 31.6 Å². The Kier molecular flexibility index (Phi) is 5.72. The number of hydrogen-bond acceptors (Lipinski definition) is 5. The van der Waals surface area contributed by atoms with E-state index in [2.05, 4.69) is 29.0 Å². The van der Waals surface area contributed by atoms with E-state index in [1.54, 1.807) is 0 Å². The van der Waals surface area contributed by atoms with Gasteiger partial charge in [-0.05, 0) is 13.8 Å². The Morgan fingerprint density at radius 1 is 1.38 bits per heavy atom. The van der Waals surface area contributed by atoms with Gasteiger partial charge in [-0.1, -0.05) is 13.8 Å². The van der Waals surface area contributed by atoms with Crippen LogP contribution in [0.1, 0.15) is 47.1 Å². The summed E-state index contributed by atoms with van der Waals surface area (Å²) in [4.78, 5) is 19.9. The standard InChI is InChI=1S/C15H25N3O2S/c1-10(2)15-17-12(4)13(21-15)14(19)16-11(3)9-18-5-7-20-8-6-18/h10-11H,5-9H2,1-4H3,(H,16,19)/t11-/m0/s1. The van der Waals surface area contributed by atoms with Gasteiger partial charge in [0.25, 0.3) is 5.91 Å². The average molecular weight is 311 g/mol. The minimum atomic E-state index is -0.00217. The number of morpholine rings is 1. The van der Waals surface area contributed by atoms with Crippen LogP contribution in [0.25, 0.3) is 0 Å². The molecule has 0 bridgehead atoms. The Balaban J connectivity index is 1.91. The number of hydrogen-bond donors (Lipinski definition) is 1. The second-order valence-corrected chi connectivity index (χ2v) is 6.94. The van der Waals surface area contributed by atoms with Gasteiger partial charge in [-0.25, -0.2) is 4.98 Å². The number of aryl methyl sites for hydroxylation is 1. The smallest absolute Gasteiger partial charge is 0.263 e. The van der Waals surface area contributed by atoms with E-state index < -0.39 is 0 Å². The Hall–Kier alpha value is -0.980. The van der Waals surface area contributed by atoms with Crippen molar-refractivity contribution in [1.29, 1.82) is 0 Å². The molecule has 1 aliphatic heterocycles. The Bertz CT molecular complexity index is 481. The molecule has 1 saturated heterocycles. The highest BCUT2D eigenvalue weighted by Crippen LogP contribution is 2.24. The molecular weight excluding hydrogens is 286 g/mol. The van der Waals surface area contributed by atoms with E-state index in [0.717, 1.165) is 48.4 Å². The second-order valence-electron chi connectivity index (χ2n) is 5.91. The predicted molar refractivity (Wildman–Crippen MR) is 85.1 cm³/mol. The first-order chi connectivity index (χ1) is 9.97. The Morgan fingerprint density at radius 3 is 2.62 bits per heavy atom. The molecule has 1 N–H and O–H groups in total. The lowest BCUT2D eigenvalue weighted by Gasteiger charge is -2.29. The highest BCUT2D eigenvalue weighted by molar-refractivity contribution is 7.13. The minimum absolute atomic E-state index is 0.00217. The maximum atomic E-state index is 12.4. The quantitative estimate of drug-likeness (QED) is 0.904. The summed E-state index contributed by atoms with van der Waals surface area (Å²) in [5.74, 6) is 0.360. The van der Waals surface area contributed by atoms with E-state index in [1.165, 1.54) is 11.3 Å². The highest BCUT2D eigenvalue weighted by Gasteiger charge is 2.20. The summed E-state index contributed by atoms with van der Waals surface area (Å²) in [7, 11) is 0. The van der Waals surface area contributed by atoms with Crippen molar-refractivity contribution in [1.82, 2.24) is 15.2 Å². The van der Waals surface area contributed by atoms with Crippen molar-refractivity contribution in [2.45, 2.75) is 39.7 Å². The summed E-state index contributed by atoms with van der Waals surface area (Å²) in [6.45, 7) is 12.5. The van der Waals surface area contributed by atoms with Gasteiger partial charge in [0.2, 0.25) is 0 Å². The fourth-order valence-corrected chi connectivity index (χ4v) is 3.35. The van der Waals surface area contributed by atoms with Crippen molar-refractivity contribution in [3.05, 3.63) is 15.6 Å². The van der Waals surface area contributed by atoms with Crippen LogP contribution >= 0.6 is 11.3 Å². The Labute approximate surface area is 130 Å². The third kappa shape index (κ3) is 4.49. The molecule has 1 aromatic heterocycles. The molecule has 1 aromatic rings. The minimum Gasteiger partial charge on any atom is -0.379 e. The summed E-state index contributed by atoms with van der Waals surface area (Å²) in [6.07, 6.45) is 0. The topological polar surface area (TPSA) is 54.5 Å². The molecule has 0 spiro atoms. The van der Waals surface area contributed by atoms with Crippen LogP contribution in [0, 0.1) is 6.92 Å². The molecule has 0 unspecified atom stereocenters. The fourth-order valence-electron chi connectivity index (χ4n) is 2.38. The van der Waals surface area contributed by atoms with Crippen molar-refractivity contribution >= 4 is 17.2 Å². The zero-order valence-electron chi connectivity index (χ0n) is 13.3. The molecule has 1 amide bonds. The van der Waals surface area contributed by atoms with Crippen molar-refractivity contribution in [2.75, 3.05) is 32.8 Å². The van der Waals surface area contributed by atoms with Crippen LogP contribution in [0.2, 0.25) is 0 Å². The summed E-state index contributed by atoms with van der Waals surface area (Å²) in [5, 5.41) is 4.11. The number of rotatable bonds is 5. The Morgan fingerprint density at radius 2 is 2.05 bits per heavy atom. The highest BCUT2D eigenvalue weighted by atomic mass is 32.1. The van der Waals surface area contributed by atoms with Crippen LogP contribution in [0.4, 0.5) is 0 Å². The number of nitrogens with one attached hydrogen (secondary N) is 1. The first-order valence-corrected chi connectivity index (χ1v) is 8.37. The third-order valence-electron chi connectivity index (χ3n) is 3.53. The van der Waals surface area contributed by atoms with E-state index in [0.29, 0.717) is 5.92 Å². The zero-order chi connectivity index (χ0) is 15.4. The molecule has 1 fully saturated rings. The normalized spacial score (nSPS) is 18.0. The molecule has 5 nitrogen and oxygen atoms in total. The van der Waals surface area contributed by atoms with Crippen LogP contribution in [0.5, 0.6) is 0 Å². The number of thiazole rings is 1. The molecule has 0 saturated carbocycles. The molecule has 0 aliphatic carbocycles. The van der Waals surface area contributed by atoms with Gasteiger partial charge < -0.3 is 10.1 Å². The summed E-state index contributed by atoms with van der Waals surface area (Å²) in [6, 6.07) is 0.125. The van der Waals surface area contributed by atoms with Crippen molar-refractivity contribution in [3.63, 3.8) is 0 Å². The number of amides is 1. The lowest BCUT2D eigenvalue weighted by molar-refractivity contribution is 0.0342. The zero-order valence-corrected chi connectivity index (χ0v) is 14.1. The molecule has 2 heterocycles. The number of carbonyl (C=O) groups excluding carboxylic acids is 1. The number of nitrogens with zero attached hydrogens (tertiary/aromatic N) is 2. The van der Waals surface area contributed by atoms with Gasteiger partial charge in [-0.15, -0.1) is 11.3 Å². The molecular formula is C15H25N3O2S. The molecule has 6 heteroatoms. The molecule has 1 atom stereocenters. The van der Waals surface area contributed by atoms with Gasteiger partial charge in [0.05, 0.1) is 23.9 Å². The van der Waals surface area contributed by atoms with Crippen LogP contribution in [-0.2, 0) is 4.74 Å². The monoisotopic (exact) mass is 311 g/mol. The summed E-state index contributed by atoms with van der Waals surface area (Å²) >= 11 is 1.51. The van der Waals surface area contributed by atoms with E-state index in [9.17, 15) is 4.79 Å². The number of ether oxygens (including phenoxy) is 1. The molecule has 0 aromatic carbocycles. The van der Waals surface area contributed by atoms with Crippen LogP contribution in [0.3, 0.4) is 0 Å². The van der Waals surface area contributed by atoms with Gasteiger partial charge in [0.15, 0.2) is 0 Å². The fraction of sp³-hybridized carbons (Fsp3) is 0.733. The van der Waals surface area contributed by atoms with E-state index in [-0.39, 0.29) is 11.9 Å². The second kappa shape index (κ2) is 7.33. The first kappa shape index (κ1) is 16.4. The van der Waals surface area contributed by atoms with Gasteiger partial charge in [-0.3, -0.25) is 9.69 Å². The maximum absolute atomic E-state index is 12.4. The molecule has 2 rings (SSSR count). The average Bonchev–Trinajstić information content (AvgIpc) is 2.82. The lowest BCUT2D eigenvalue weighted by atomic mass is 10.2. The maximum Gasteiger partial charge on any atom is 0.263 e. The largest absolute Gasteiger partial charge is 0.379 e. The van der Waals surface area contributed by atoms with Crippen molar-refractivity contribution in [2.24, 2.45) is 0 Å².